The topological polar surface area (TPSA) is 66.5 Å². The van der Waals surface area contributed by atoms with E-state index in [1.165, 1.54) is 15.4 Å². The predicted molar refractivity (Wildman–Crippen MR) is 129 cm³/mol. The Morgan fingerprint density at radius 2 is 1.62 bits per heavy atom. The summed E-state index contributed by atoms with van der Waals surface area (Å²) in [5.41, 5.74) is 4.75. The number of carbonyl (C=O) groups is 1. The zero-order valence-electron chi connectivity index (χ0n) is 18.8. The van der Waals surface area contributed by atoms with Crippen LogP contribution in [0.1, 0.15) is 28.7 Å². The van der Waals surface area contributed by atoms with Gasteiger partial charge in [0.25, 0.3) is 10.0 Å². The second-order valence-electron chi connectivity index (χ2n) is 7.99. The lowest BCUT2D eigenvalue weighted by atomic mass is 10.1. The summed E-state index contributed by atoms with van der Waals surface area (Å²) in [4.78, 5) is 12.9. The molecule has 6 heteroatoms. The van der Waals surface area contributed by atoms with Crippen LogP contribution in [0.3, 0.4) is 0 Å². The van der Waals surface area contributed by atoms with Crippen LogP contribution >= 0.6 is 0 Å². The van der Waals surface area contributed by atoms with Crippen molar-refractivity contribution in [2.24, 2.45) is 0 Å². The first-order valence-corrected chi connectivity index (χ1v) is 12.2. The summed E-state index contributed by atoms with van der Waals surface area (Å²) in [6.45, 7) is 6.07. The monoisotopic (exact) mass is 450 g/mol. The van der Waals surface area contributed by atoms with Crippen molar-refractivity contribution in [3.63, 3.8) is 0 Å². The van der Waals surface area contributed by atoms with E-state index in [-0.39, 0.29) is 17.3 Å². The van der Waals surface area contributed by atoms with Gasteiger partial charge in [-0.1, -0.05) is 60.2 Å². The van der Waals surface area contributed by atoms with E-state index >= 15 is 0 Å². The van der Waals surface area contributed by atoms with E-state index in [9.17, 15) is 13.2 Å². The third-order valence-electron chi connectivity index (χ3n) is 5.51. The summed E-state index contributed by atoms with van der Waals surface area (Å²) >= 11 is 0. The van der Waals surface area contributed by atoms with Gasteiger partial charge in [-0.2, -0.15) is 0 Å². The van der Waals surface area contributed by atoms with Gasteiger partial charge in [-0.25, -0.2) is 8.42 Å². The molecule has 0 atom stereocenters. The molecule has 3 aromatic carbocycles. The van der Waals surface area contributed by atoms with Crippen LogP contribution in [0.5, 0.6) is 0 Å². The standard InChI is InChI=1S/C26H30N2O3S/c1-20-10-7-12-23(18-20)13-9-17-27-26(29)19-28(25-16-8-11-21(2)22(25)3)32(30,31)24-14-5-4-6-15-24/h4-8,10-12,14-16,18H,9,13,17,19H2,1-3H3,(H,27,29). The van der Waals surface area contributed by atoms with Gasteiger partial charge >= 0.3 is 0 Å². The molecule has 0 aliphatic carbocycles. The maximum Gasteiger partial charge on any atom is 0.264 e. The molecule has 1 amide bonds. The Balaban J connectivity index is 1.74. The van der Waals surface area contributed by atoms with Crippen molar-refractivity contribution < 1.29 is 13.2 Å². The smallest absolute Gasteiger partial charge is 0.264 e. The number of hydrogen-bond donors (Lipinski definition) is 1. The Labute approximate surface area is 191 Å². The second-order valence-corrected chi connectivity index (χ2v) is 9.85. The summed E-state index contributed by atoms with van der Waals surface area (Å²) in [6, 6.07) is 22.0. The van der Waals surface area contributed by atoms with Crippen LogP contribution in [0, 0.1) is 20.8 Å². The van der Waals surface area contributed by atoms with Crippen LogP contribution < -0.4 is 9.62 Å². The highest BCUT2D eigenvalue weighted by Gasteiger charge is 2.28. The molecule has 0 aliphatic heterocycles. The third-order valence-corrected chi connectivity index (χ3v) is 7.28. The van der Waals surface area contributed by atoms with Crippen molar-refractivity contribution in [2.45, 2.75) is 38.5 Å². The Hall–Kier alpha value is -3.12. The number of benzene rings is 3. The molecule has 0 spiro atoms. The van der Waals surface area contributed by atoms with Gasteiger partial charge in [-0.15, -0.1) is 0 Å². The van der Waals surface area contributed by atoms with Crippen molar-refractivity contribution in [1.29, 1.82) is 0 Å². The van der Waals surface area contributed by atoms with Crippen molar-refractivity contribution in [3.05, 3.63) is 95.1 Å². The predicted octanol–water partition coefficient (Wildman–Crippen LogP) is 4.56. The Kier molecular flexibility index (Phi) is 7.70. The van der Waals surface area contributed by atoms with E-state index in [0.717, 1.165) is 24.0 Å². The molecule has 0 heterocycles. The Morgan fingerprint density at radius 1 is 0.906 bits per heavy atom. The van der Waals surface area contributed by atoms with Crippen molar-refractivity contribution >= 4 is 21.6 Å². The number of amides is 1. The fourth-order valence-electron chi connectivity index (χ4n) is 3.60. The highest BCUT2D eigenvalue weighted by Crippen LogP contribution is 2.28. The minimum absolute atomic E-state index is 0.160. The molecule has 0 unspecified atom stereocenters. The van der Waals surface area contributed by atoms with E-state index in [4.69, 9.17) is 0 Å². The van der Waals surface area contributed by atoms with E-state index in [1.54, 1.807) is 36.4 Å². The van der Waals surface area contributed by atoms with E-state index in [1.807, 2.05) is 32.0 Å². The van der Waals surface area contributed by atoms with Crippen molar-refractivity contribution in [2.75, 3.05) is 17.4 Å². The van der Waals surface area contributed by atoms with Gasteiger partial charge in [0.15, 0.2) is 0 Å². The van der Waals surface area contributed by atoms with Crippen LogP contribution in [-0.4, -0.2) is 27.4 Å². The van der Waals surface area contributed by atoms with E-state index in [2.05, 4.69) is 30.4 Å². The molecule has 168 valence electrons. The first-order chi connectivity index (χ1) is 15.3. The van der Waals surface area contributed by atoms with Crippen LogP contribution in [0.15, 0.2) is 77.7 Å². The molecular formula is C26H30N2O3S. The fourth-order valence-corrected chi connectivity index (χ4v) is 5.10. The molecule has 5 nitrogen and oxygen atoms in total. The molecule has 0 aliphatic rings. The molecule has 32 heavy (non-hydrogen) atoms. The molecule has 0 fully saturated rings. The minimum Gasteiger partial charge on any atom is -0.355 e. The number of rotatable bonds is 9. The minimum atomic E-state index is -3.89. The molecule has 0 bridgehead atoms. The Bertz CT molecular complexity index is 1170. The van der Waals surface area contributed by atoms with Gasteiger partial charge in [0, 0.05) is 6.54 Å². The van der Waals surface area contributed by atoms with Crippen molar-refractivity contribution in [3.8, 4) is 0 Å². The molecule has 0 saturated carbocycles. The average molecular weight is 451 g/mol. The van der Waals surface area contributed by atoms with Gasteiger partial charge in [-0.3, -0.25) is 9.10 Å². The number of anilines is 1. The zero-order chi connectivity index (χ0) is 23.1. The maximum absolute atomic E-state index is 13.4. The number of sulfonamides is 1. The van der Waals surface area contributed by atoms with Crippen LogP contribution in [0.4, 0.5) is 5.69 Å². The summed E-state index contributed by atoms with van der Waals surface area (Å²) < 4.78 is 28.1. The van der Waals surface area contributed by atoms with Gasteiger partial charge in [-0.05, 0) is 68.5 Å². The van der Waals surface area contributed by atoms with Crippen LogP contribution in [-0.2, 0) is 21.2 Å². The number of nitrogens with one attached hydrogen (secondary N) is 1. The number of aryl methyl sites for hydroxylation is 3. The summed E-state index contributed by atoms with van der Waals surface area (Å²) in [5.74, 6) is -0.324. The Morgan fingerprint density at radius 3 is 2.34 bits per heavy atom. The van der Waals surface area contributed by atoms with Crippen LogP contribution in [0.2, 0.25) is 0 Å². The van der Waals surface area contributed by atoms with Gasteiger partial charge in [0.05, 0.1) is 10.6 Å². The van der Waals surface area contributed by atoms with E-state index < -0.39 is 10.0 Å². The highest BCUT2D eigenvalue weighted by atomic mass is 32.2. The highest BCUT2D eigenvalue weighted by molar-refractivity contribution is 7.92. The summed E-state index contributed by atoms with van der Waals surface area (Å²) in [5, 5.41) is 2.88. The molecular weight excluding hydrogens is 420 g/mol. The molecule has 0 radical (unpaired) electrons. The van der Waals surface area contributed by atoms with Gasteiger partial charge in [0.2, 0.25) is 5.91 Å². The fraction of sp³-hybridized carbons (Fsp3) is 0.269. The summed E-state index contributed by atoms with van der Waals surface area (Å²) in [7, 11) is -3.89. The number of hydrogen-bond acceptors (Lipinski definition) is 3. The van der Waals surface area contributed by atoms with E-state index in [0.29, 0.717) is 12.2 Å². The quantitative estimate of drug-likeness (QED) is 0.486. The third kappa shape index (κ3) is 5.77. The first kappa shape index (κ1) is 23.5. The normalized spacial score (nSPS) is 11.2. The lowest BCUT2D eigenvalue weighted by molar-refractivity contribution is -0.119. The SMILES string of the molecule is Cc1cccc(CCCNC(=O)CN(c2cccc(C)c2C)S(=O)(=O)c2ccccc2)c1. The molecule has 0 saturated heterocycles. The van der Waals surface area contributed by atoms with Gasteiger partial charge in [0.1, 0.15) is 6.54 Å². The number of nitrogens with zero attached hydrogens (tertiary/aromatic N) is 1. The first-order valence-electron chi connectivity index (χ1n) is 10.8. The maximum atomic E-state index is 13.4. The molecule has 3 rings (SSSR count). The average Bonchev–Trinajstić information content (AvgIpc) is 2.78. The van der Waals surface area contributed by atoms with Crippen LogP contribution in [0.25, 0.3) is 0 Å². The number of carbonyl (C=O) groups excluding carboxylic acids is 1. The second kappa shape index (κ2) is 10.5. The zero-order valence-corrected chi connectivity index (χ0v) is 19.7. The molecule has 3 aromatic rings. The van der Waals surface area contributed by atoms with Crippen molar-refractivity contribution in [1.82, 2.24) is 5.32 Å². The molecule has 0 aromatic heterocycles. The summed E-state index contributed by atoms with van der Waals surface area (Å²) in [6.07, 6.45) is 1.63. The van der Waals surface area contributed by atoms with Gasteiger partial charge < -0.3 is 5.32 Å². The lowest BCUT2D eigenvalue weighted by Gasteiger charge is -2.26. The lowest BCUT2D eigenvalue weighted by Crippen LogP contribution is -2.41. The molecule has 1 N–H and O–H groups in total. The largest absolute Gasteiger partial charge is 0.355 e.